The van der Waals surface area contributed by atoms with Crippen molar-refractivity contribution in [1.29, 1.82) is 0 Å². The zero-order valence-electron chi connectivity index (χ0n) is 6.47. The molecule has 0 atom stereocenters. The van der Waals surface area contributed by atoms with Gasteiger partial charge in [0, 0.05) is 11.1 Å². The molecule has 3 nitrogen and oxygen atoms in total. The molecule has 72 valence electrons. The number of aliphatic hydroxyl groups is 1. The monoisotopic (exact) mass is 192 g/mol. The van der Waals surface area contributed by atoms with Crippen LogP contribution in [0.15, 0.2) is 6.07 Å². The molecule has 0 fully saturated rings. The van der Waals surface area contributed by atoms with Crippen LogP contribution in [0.1, 0.15) is 17.6 Å². The standard InChI is InChI=1S/C7H7F3N2O/c8-6(9)3-1-5(11)12-7(10)4(3)2-13/h1,6,13H,2H2,(H2,11,12). The molecule has 1 aromatic rings. The van der Waals surface area contributed by atoms with E-state index in [0.717, 1.165) is 6.07 Å². The minimum Gasteiger partial charge on any atom is -0.391 e. The maximum absolute atomic E-state index is 12.8. The number of rotatable bonds is 2. The number of aliphatic hydroxyl groups excluding tert-OH is 1. The topological polar surface area (TPSA) is 59.1 Å². The maximum Gasteiger partial charge on any atom is 0.264 e. The SMILES string of the molecule is Nc1cc(C(F)F)c(CO)c(F)n1. The molecule has 0 aliphatic carbocycles. The van der Waals surface area contributed by atoms with Gasteiger partial charge in [0.15, 0.2) is 0 Å². The van der Waals surface area contributed by atoms with Gasteiger partial charge in [-0.05, 0) is 6.07 Å². The number of alkyl halides is 2. The Hall–Kier alpha value is -1.30. The van der Waals surface area contributed by atoms with E-state index < -0.39 is 30.1 Å². The molecule has 0 unspecified atom stereocenters. The summed E-state index contributed by atoms with van der Waals surface area (Å²) in [6.45, 7) is -0.821. The number of pyridine rings is 1. The Morgan fingerprint density at radius 3 is 2.62 bits per heavy atom. The highest BCUT2D eigenvalue weighted by molar-refractivity contribution is 5.38. The zero-order chi connectivity index (χ0) is 10.0. The molecule has 0 bridgehead atoms. The van der Waals surface area contributed by atoms with Gasteiger partial charge in [-0.25, -0.2) is 13.8 Å². The van der Waals surface area contributed by atoms with E-state index in [9.17, 15) is 13.2 Å². The lowest BCUT2D eigenvalue weighted by molar-refractivity contribution is 0.145. The van der Waals surface area contributed by atoms with E-state index in [1.54, 1.807) is 0 Å². The third kappa shape index (κ3) is 1.89. The Morgan fingerprint density at radius 2 is 2.15 bits per heavy atom. The van der Waals surface area contributed by atoms with Gasteiger partial charge in [-0.15, -0.1) is 0 Å². The first-order valence-corrected chi connectivity index (χ1v) is 3.40. The number of anilines is 1. The Morgan fingerprint density at radius 1 is 1.54 bits per heavy atom. The minimum atomic E-state index is -2.87. The van der Waals surface area contributed by atoms with Crippen molar-refractivity contribution in [3.05, 3.63) is 23.1 Å². The van der Waals surface area contributed by atoms with E-state index in [1.807, 2.05) is 0 Å². The molecule has 0 amide bonds. The molecule has 0 aliphatic heterocycles. The number of halogens is 3. The summed E-state index contributed by atoms with van der Waals surface area (Å²) in [5.41, 5.74) is 3.93. The van der Waals surface area contributed by atoms with Gasteiger partial charge in [-0.3, -0.25) is 0 Å². The van der Waals surface area contributed by atoms with E-state index in [1.165, 1.54) is 0 Å². The van der Waals surface area contributed by atoms with E-state index >= 15 is 0 Å². The average molecular weight is 192 g/mol. The number of hydrogen-bond acceptors (Lipinski definition) is 3. The third-order valence-corrected chi connectivity index (χ3v) is 1.52. The highest BCUT2D eigenvalue weighted by Crippen LogP contribution is 2.25. The van der Waals surface area contributed by atoms with Gasteiger partial charge in [0.25, 0.3) is 6.43 Å². The summed E-state index contributed by atoms with van der Waals surface area (Å²) in [7, 11) is 0. The van der Waals surface area contributed by atoms with Crippen LogP contribution in [0.25, 0.3) is 0 Å². The van der Waals surface area contributed by atoms with Gasteiger partial charge in [-0.1, -0.05) is 0 Å². The number of nitrogens with zero attached hydrogens (tertiary/aromatic N) is 1. The molecule has 1 aromatic heterocycles. The molecule has 0 aromatic carbocycles. The van der Waals surface area contributed by atoms with Crippen molar-refractivity contribution in [2.24, 2.45) is 0 Å². The lowest BCUT2D eigenvalue weighted by Crippen LogP contribution is -2.04. The summed E-state index contributed by atoms with van der Waals surface area (Å²) < 4.78 is 37.2. The van der Waals surface area contributed by atoms with E-state index in [0.29, 0.717) is 0 Å². The van der Waals surface area contributed by atoms with E-state index in [4.69, 9.17) is 10.8 Å². The van der Waals surface area contributed by atoms with Crippen molar-refractivity contribution < 1.29 is 18.3 Å². The fourth-order valence-electron chi connectivity index (χ4n) is 0.930. The van der Waals surface area contributed by atoms with Crippen LogP contribution in [-0.2, 0) is 6.61 Å². The second-order valence-electron chi connectivity index (χ2n) is 2.36. The van der Waals surface area contributed by atoms with Gasteiger partial charge < -0.3 is 10.8 Å². The van der Waals surface area contributed by atoms with E-state index in [2.05, 4.69) is 4.98 Å². The minimum absolute atomic E-state index is 0.329. The summed E-state index contributed by atoms with van der Waals surface area (Å²) in [6.07, 6.45) is -2.87. The largest absolute Gasteiger partial charge is 0.391 e. The normalized spacial score (nSPS) is 10.8. The molecule has 0 spiro atoms. The summed E-state index contributed by atoms with van der Waals surface area (Å²) in [4.78, 5) is 3.11. The van der Waals surface area contributed by atoms with Crippen molar-refractivity contribution in [2.75, 3.05) is 5.73 Å². The summed E-state index contributed by atoms with van der Waals surface area (Å²) in [5, 5.41) is 8.58. The fourth-order valence-corrected chi connectivity index (χ4v) is 0.930. The second-order valence-corrected chi connectivity index (χ2v) is 2.36. The van der Waals surface area contributed by atoms with Crippen LogP contribution in [0.5, 0.6) is 0 Å². The van der Waals surface area contributed by atoms with Crippen LogP contribution in [0.2, 0.25) is 0 Å². The van der Waals surface area contributed by atoms with Gasteiger partial charge in [0.2, 0.25) is 5.95 Å². The Labute approximate surface area is 72.0 Å². The predicted molar refractivity (Wildman–Crippen MR) is 39.5 cm³/mol. The van der Waals surface area contributed by atoms with Crippen molar-refractivity contribution in [3.8, 4) is 0 Å². The molecule has 0 saturated carbocycles. The quantitative estimate of drug-likeness (QED) is 0.693. The molecule has 0 aliphatic rings. The smallest absolute Gasteiger partial charge is 0.264 e. The van der Waals surface area contributed by atoms with Gasteiger partial charge in [-0.2, -0.15) is 4.39 Å². The molecule has 13 heavy (non-hydrogen) atoms. The lowest BCUT2D eigenvalue weighted by Gasteiger charge is -2.07. The summed E-state index contributed by atoms with van der Waals surface area (Å²) in [6, 6.07) is 0.847. The zero-order valence-corrected chi connectivity index (χ0v) is 6.47. The van der Waals surface area contributed by atoms with Crippen molar-refractivity contribution >= 4 is 5.82 Å². The first-order chi connectivity index (χ1) is 6.06. The van der Waals surface area contributed by atoms with Crippen LogP contribution < -0.4 is 5.73 Å². The van der Waals surface area contributed by atoms with Crippen molar-refractivity contribution in [3.63, 3.8) is 0 Å². The van der Waals surface area contributed by atoms with E-state index in [-0.39, 0.29) is 5.82 Å². The van der Waals surface area contributed by atoms with Gasteiger partial charge >= 0.3 is 0 Å². The number of nitrogen functional groups attached to an aromatic ring is 1. The van der Waals surface area contributed by atoms with Gasteiger partial charge in [0.05, 0.1) is 6.61 Å². The van der Waals surface area contributed by atoms with Crippen LogP contribution in [0, 0.1) is 5.95 Å². The summed E-state index contributed by atoms with van der Waals surface area (Å²) >= 11 is 0. The molecule has 1 heterocycles. The van der Waals surface area contributed by atoms with Crippen LogP contribution in [0.3, 0.4) is 0 Å². The predicted octanol–water partition coefficient (Wildman–Crippen LogP) is 1.23. The molecular formula is C7H7F3N2O. The number of aromatic nitrogens is 1. The summed E-state index contributed by atoms with van der Waals surface area (Å²) in [5.74, 6) is -1.48. The second kappa shape index (κ2) is 3.61. The molecule has 1 rings (SSSR count). The molecule has 3 N–H and O–H groups in total. The number of hydrogen-bond donors (Lipinski definition) is 2. The highest BCUT2D eigenvalue weighted by atomic mass is 19.3. The molecule has 0 saturated heterocycles. The lowest BCUT2D eigenvalue weighted by atomic mass is 10.1. The molecule has 0 radical (unpaired) electrons. The molecule has 6 heteroatoms. The Balaban J connectivity index is 3.29. The van der Waals surface area contributed by atoms with Crippen molar-refractivity contribution in [1.82, 2.24) is 4.98 Å². The highest BCUT2D eigenvalue weighted by Gasteiger charge is 2.17. The van der Waals surface area contributed by atoms with Crippen molar-refractivity contribution in [2.45, 2.75) is 13.0 Å². The Bertz CT molecular complexity index is 317. The van der Waals surface area contributed by atoms with Crippen LogP contribution in [0.4, 0.5) is 19.0 Å². The first kappa shape index (κ1) is 9.79. The molecular weight excluding hydrogens is 185 g/mol. The maximum atomic E-state index is 12.8. The number of nitrogens with two attached hydrogens (primary N) is 1. The van der Waals surface area contributed by atoms with Crippen LogP contribution >= 0.6 is 0 Å². The van der Waals surface area contributed by atoms with Crippen LogP contribution in [-0.4, -0.2) is 10.1 Å². The Kier molecular flexibility index (Phi) is 2.72. The average Bonchev–Trinajstić information content (AvgIpc) is 2.02. The first-order valence-electron chi connectivity index (χ1n) is 3.40. The fraction of sp³-hybridized carbons (Fsp3) is 0.286. The third-order valence-electron chi connectivity index (χ3n) is 1.52. The van der Waals surface area contributed by atoms with Gasteiger partial charge in [0.1, 0.15) is 5.82 Å².